The van der Waals surface area contributed by atoms with E-state index in [-0.39, 0.29) is 11.7 Å². The number of carbonyl (C=O) groups excluding carboxylic acids is 2. The Labute approximate surface area is 126 Å². The van der Waals surface area contributed by atoms with E-state index in [1.165, 1.54) is 0 Å². The van der Waals surface area contributed by atoms with Gasteiger partial charge in [-0.15, -0.1) is 11.6 Å². The second kappa shape index (κ2) is 6.79. The smallest absolute Gasteiger partial charge is 0.408 e. The standard InChI is InChI=1S/C15H26ClNO3/c1-5-11-6-8-15(9-7-11,12(18)10-16)17-13(19)20-14(2,3)4/h11H,5-10H2,1-4H3,(H,17,19). The number of carbonyl (C=O) groups is 2. The van der Waals surface area contributed by atoms with Crippen molar-refractivity contribution in [2.24, 2.45) is 5.92 Å². The molecule has 1 aliphatic carbocycles. The van der Waals surface area contributed by atoms with Gasteiger partial charge in [0.2, 0.25) is 0 Å². The predicted molar refractivity (Wildman–Crippen MR) is 80.1 cm³/mol. The van der Waals surface area contributed by atoms with Crippen LogP contribution in [0.2, 0.25) is 0 Å². The summed E-state index contributed by atoms with van der Waals surface area (Å²) in [7, 11) is 0. The molecule has 5 heteroatoms. The number of rotatable bonds is 4. The van der Waals surface area contributed by atoms with E-state index in [0.717, 1.165) is 19.3 Å². The lowest BCUT2D eigenvalue weighted by Gasteiger charge is -2.39. The van der Waals surface area contributed by atoms with Gasteiger partial charge in [-0.2, -0.15) is 0 Å². The zero-order chi connectivity index (χ0) is 15.4. The first-order chi connectivity index (χ1) is 9.22. The molecule has 1 amide bonds. The van der Waals surface area contributed by atoms with E-state index in [1.807, 2.05) is 0 Å². The van der Waals surface area contributed by atoms with Crippen LogP contribution in [0.4, 0.5) is 4.79 Å². The van der Waals surface area contributed by atoms with Crippen LogP contribution in [0.1, 0.15) is 59.8 Å². The van der Waals surface area contributed by atoms with Gasteiger partial charge >= 0.3 is 6.09 Å². The van der Waals surface area contributed by atoms with Gasteiger partial charge in [0.1, 0.15) is 11.1 Å². The molecule has 0 aliphatic heterocycles. The number of ether oxygens (including phenoxy) is 1. The average molecular weight is 304 g/mol. The second-order valence-electron chi connectivity index (χ2n) is 6.62. The first-order valence-electron chi connectivity index (χ1n) is 7.33. The number of Topliss-reactive ketones (excluding diaryl/α,β-unsaturated/α-hetero) is 1. The van der Waals surface area contributed by atoms with E-state index in [4.69, 9.17) is 16.3 Å². The first kappa shape index (κ1) is 17.3. The molecule has 0 saturated heterocycles. The number of alkyl halides is 1. The highest BCUT2D eigenvalue weighted by Crippen LogP contribution is 2.35. The zero-order valence-electron chi connectivity index (χ0n) is 12.9. The van der Waals surface area contributed by atoms with Gasteiger partial charge in [0, 0.05) is 0 Å². The molecule has 1 fully saturated rings. The van der Waals surface area contributed by atoms with Crippen molar-refractivity contribution in [3.05, 3.63) is 0 Å². The summed E-state index contributed by atoms with van der Waals surface area (Å²) in [6, 6.07) is 0. The summed E-state index contributed by atoms with van der Waals surface area (Å²) >= 11 is 5.72. The monoisotopic (exact) mass is 303 g/mol. The fraction of sp³-hybridized carbons (Fsp3) is 0.867. The summed E-state index contributed by atoms with van der Waals surface area (Å²) in [6.45, 7) is 7.56. The maximum Gasteiger partial charge on any atom is 0.408 e. The molecule has 0 aromatic heterocycles. The van der Waals surface area contributed by atoms with Crippen molar-refractivity contribution in [2.45, 2.75) is 70.9 Å². The Morgan fingerprint density at radius 2 is 1.85 bits per heavy atom. The molecular weight excluding hydrogens is 278 g/mol. The van der Waals surface area contributed by atoms with E-state index in [9.17, 15) is 9.59 Å². The summed E-state index contributed by atoms with van der Waals surface area (Å²) in [6.07, 6.45) is 3.75. The normalized spacial score (nSPS) is 26.9. The number of hydrogen-bond donors (Lipinski definition) is 1. The van der Waals surface area contributed by atoms with Crippen molar-refractivity contribution in [1.29, 1.82) is 0 Å². The third-order valence-electron chi connectivity index (χ3n) is 3.93. The maximum atomic E-state index is 12.2. The van der Waals surface area contributed by atoms with Gasteiger partial charge in [0.05, 0.1) is 5.88 Å². The Morgan fingerprint density at radius 1 is 1.30 bits per heavy atom. The number of amides is 1. The van der Waals surface area contributed by atoms with Crippen LogP contribution in [0.25, 0.3) is 0 Å². The van der Waals surface area contributed by atoms with Gasteiger partial charge in [-0.3, -0.25) is 4.79 Å². The predicted octanol–water partition coefficient (Wildman–Crippen LogP) is 3.66. The largest absolute Gasteiger partial charge is 0.444 e. The minimum absolute atomic E-state index is 0.0768. The van der Waals surface area contributed by atoms with Crippen LogP contribution in [-0.2, 0) is 9.53 Å². The van der Waals surface area contributed by atoms with E-state index < -0.39 is 17.2 Å². The minimum Gasteiger partial charge on any atom is -0.444 e. The van der Waals surface area contributed by atoms with Crippen LogP contribution in [-0.4, -0.2) is 28.9 Å². The molecule has 0 unspecified atom stereocenters. The Kier molecular flexibility index (Phi) is 5.87. The van der Waals surface area contributed by atoms with Crippen molar-refractivity contribution in [3.8, 4) is 0 Å². The van der Waals surface area contributed by atoms with Crippen LogP contribution >= 0.6 is 11.6 Å². The molecule has 4 nitrogen and oxygen atoms in total. The Hall–Kier alpha value is -0.770. The topological polar surface area (TPSA) is 55.4 Å². The van der Waals surface area contributed by atoms with Crippen LogP contribution in [0, 0.1) is 5.92 Å². The minimum atomic E-state index is -0.838. The molecule has 0 aromatic carbocycles. The lowest BCUT2D eigenvalue weighted by atomic mass is 9.73. The Morgan fingerprint density at radius 3 is 2.25 bits per heavy atom. The van der Waals surface area contributed by atoms with E-state index >= 15 is 0 Å². The molecule has 1 aliphatic rings. The van der Waals surface area contributed by atoms with Crippen molar-refractivity contribution in [3.63, 3.8) is 0 Å². The number of ketones is 1. The van der Waals surface area contributed by atoms with Crippen molar-refractivity contribution in [2.75, 3.05) is 5.88 Å². The first-order valence-corrected chi connectivity index (χ1v) is 7.86. The summed E-state index contributed by atoms with van der Waals surface area (Å²) in [5.41, 5.74) is -1.41. The van der Waals surface area contributed by atoms with Gasteiger partial charge in [0.25, 0.3) is 0 Å². The molecule has 116 valence electrons. The molecule has 1 saturated carbocycles. The summed E-state index contributed by atoms with van der Waals surface area (Å²) < 4.78 is 5.27. The van der Waals surface area contributed by atoms with Crippen molar-refractivity contribution in [1.82, 2.24) is 5.32 Å². The number of halogens is 1. The van der Waals surface area contributed by atoms with Crippen LogP contribution in [0.5, 0.6) is 0 Å². The van der Waals surface area contributed by atoms with Gasteiger partial charge in [-0.25, -0.2) is 4.79 Å². The van der Waals surface area contributed by atoms with E-state index in [1.54, 1.807) is 20.8 Å². The van der Waals surface area contributed by atoms with Crippen molar-refractivity contribution < 1.29 is 14.3 Å². The molecule has 0 aromatic rings. The van der Waals surface area contributed by atoms with Crippen LogP contribution in [0.3, 0.4) is 0 Å². The summed E-state index contributed by atoms with van der Waals surface area (Å²) in [5, 5.41) is 2.79. The highest BCUT2D eigenvalue weighted by atomic mass is 35.5. The average Bonchev–Trinajstić information content (AvgIpc) is 2.36. The van der Waals surface area contributed by atoms with Crippen LogP contribution in [0.15, 0.2) is 0 Å². The lowest BCUT2D eigenvalue weighted by Crippen LogP contribution is -2.57. The highest BCUT2D eigenvalue weighted by molar-refractivity contribution is 6.29. The molecule has 0 radical (unpaired) electrons. The van der Waals surface area contributed by atoms with E-state index in [2.05, 4.69) is 12.2 Å². The van der Waals surface area contributed by atoms with E-state index in [0.29, 0.717) is 18.8 Å². The van der Waals surface area contributed by atoms with Crippen LogP contribution < -0.4 is 5.32 Å². The van der Waals surface area contributed by atoms with Gasteiger partial charge in [-0.1, -0.05) is 13.3 Å². The molecule has 0 atom stereocenters. The highest BCUT2D eigenvalue weighted by Gasteiger charge is 2.42. The Bertz CT molecular complexity index is 355. The molecule has 0 spiro atoms. The molecule has 20 heavy (non-hydrogen) atoms. The zero-order valence-corrected chi connectivity index (χ0v) is 13.7. The molecule has 0 bridgehead atoms. The molecule has 1 N–H and O–H groups in total. The second-order valence-corrected chi connectivity index (χ2v) is 6.88. The quantitative estimate of drug-likeness (QED) is 0.806. The summed E-state index contributed by atoms with van der Waals surface area (Å²) in [5.74, 6) is 0.443. The Balaban J connectivity index is 2.76. The maximum absolute atomic E-state index is 12.2. The van der Waals surface area contributed by atoms with Gasteiger partial charge in [-0.05, 0) is 52.4 Å². The summed E-state index contributed by atoms with van der Waals surface area (Å²) in [4.78, 5) is 24.2. The molecular formula is C15H26ClNO3. The lowest BCUT2D eigenvalue weighted by molar-refractivity contribution is -0.124. The molecule has 1 rings (SSSR count). The van der Waals surface area contributed by atoms with Crippen molar-refractivity contribution >= 4 is 23.5 Å². The fourth-order valence-corrected chi connectivity index (χ4v) is 2.93. The number of nitrogens with one attached hydrogen (secondary N) is 1. The number of alkyl carbamates (subject to hydrolysis) is 1. The van der Waals surface area contributed by atoms with Gasteiger partial charge in [0.15, 0.2) is 5.78 Å². The third kappa shape index (κ3) is 4.65. The number of hydrogen-bond acceptors (Lipinski definition) is 3. The third-order valence-corrected chi connectivity index (χ3v) is 4.17. The molecule has 0 heterocycles. The SMILES string of the molecule is CCC1CCC(NC(=O)OC(C)(C)C)(C(=O)CCl)CC1. The van der Waals surface area contributed by atoms with Gasteiger partial charge < -0.3 is 10.1 Å². The fourth-order valence-electron chi connectivity index (χ4n) is 2.68.